The minimum absolute atomic E-state index is 0.000481. The molecule has 4 aromatic heterocycles. The lowest BCUT2D eigenvalue weighted by atomic mass is 9.83. The van der Waals surface area contributed by atoms with Gasteiger partial charge in [-0.25, -0.2) is 9.97 Å². The monoisotopic (exact) mass is 598 g/mol. The third-order valence-corrected chi connectivity index (χ3v) is 6.93. The molecular formula is C29H20F6N6O2. The molecule has 0 bridgehead atoms. The van der Waals surface area contributed by atoms with E-state index < -0.39 is 29.3 Å². The van der Waals surface area contributed by atoms with E-state index in [2.05, 4.69) is 26.0 Å². The summed E-state index contributed by atoms with van der Waals surface area (Å²) in [5, 5.41) is 22.7. The Balaban J connectivity index is 1.69. The molecule has 1 N–H and O–H groups in total. The van der Waals surface area contributed by atoms with Crippen LogP contribution in [0.5, 0.6) is 5.88 Å². The SMILES string of the molecule is COc1nc2ccc(C(O)(c3ccc(C(F)(F)F)nc3)c3cncn3C)cc2c(C#N)c1Cc1ccc(C(F)(F)F)nc1. The summed E-state index contributed by atoms with van der Waals surface area (Å²) < 4.78 is 85.6. The van der Waals surface area contributed by atoms with Crippen LogP contribution in [0.3, 0.4) is 0 Å². The van der Waals surface area contributed by atoms with E-state index in [-0.39, 0.29) is 45.6 Å². The lowest BCUT2D eigenvalue weighted by molar-refractivity contribution is -0.142. The lowest BCUT2D eigenvalue weighted by Crippen LogP contribution is -2.31. The van der Waals surface area contributed by atoms with Gasteiger partial charge >= 0.3 is 12.4 Å². The van der Waals surface area contributed by atoms with Gasteiger partial charge in [0.05, 0.1) is 36.4 Å². The zero-order valence-electron chi connectivity index (χ0n) is 22.4. The largest absolute Gasteiger partial charge is 0.481 e. The van der Waals surface area contributed by atoms with Gasteiger partial charge in [-0.15, -0.1) is 0 Å². The second-order valence-electron chi connectivity index (χ2n) is 9.57. The Bertz CT molecular complexity index is 1840. The third-order valence-electron chi connectivity index (χ3n) is 6.93. The molecule has 14 heteroatoms. The summed E-state index contributed by atoms with van der Waals surface area (Å²) in [5.41, 5.74) is -2.95. The summed E-state index contributed by atoms with van der Waals surface area (Å²) in [7, 11) is 2.92. The van der Waals surface area contributed by atoms with Crippen molar-refractivity contribution in [2.75, 3.05) is 7.11 Å². The van der Waals surface area contributed by atoms with Crippen LogP contribution in [0.15, 0.2) is 67.4 Å². The smallest absolute Gasteiger partial charge is 0.433 e. The van der Waals surface area contributed by atoms with Crippen molar-refractivity contribution in [3.63, 3.8) is 0 Å². The maximum Gasteiger partial charge on any atom is 0.433 e. The summed E-state index contributed by atoms with van der Waals surface area (Å²) in [5.74, 6) is 0.0607. The molecule has 8 nitrogen and oxygen atoms in total. The van der Waals surface area contributed by atoms with Gasteiger partial charge in [-0.2, -0.15) is 31.6 Å². The number of fused-ring (bicyclic) bond motifs is 1. The van der Waals surface area contributed by atoms with E-state index in [1.807, 2.05) is 0 Å². The molecule has 1 aromatic carbocycles. The summed E-state index contributed by atoms with van der Waals surface area (Å²) in [6.45, 7) is 0. The first-order chi connectivity index (χ1) is 20.3. The van der Waals surface area contributed by atoms with E-state index in [9.17, 15) is 36.7 Å². The van der Waals surface area contributed by atoms with E-state index in [1.54, 1.807) is 7.05 Å². The van der Waals surface area contributed by atoms with E-state index in [0.717, 1.165) is 30.6 Å². The molecule has 0 aliphatic rings. The third kappa shape index (κ3) is 5.35. The van der Waals surface area contributed by atoms with Gasteiger partial charge in [0.1, 0.15) is 17.5 Å². The predicted molar refractivity (Wildman–Crippen MR) is 140 cm³/mol. The number of halogens is 6. The van der Waals surface area contributed by atoms with Gasteiger partial charge in [-0.1, -0.05) is 18.2 Å². The molecule has 0 fully saturated rings. The Hall–Kier alpha value is -5.03. The Morgan fingerprint density at radius 1 is 0.907 bits per heavy atom. The fourth-order valence-electron chi connectivity index (χ4n) is 4.81. The van der Waals surface area contributed by atoms with Gasteiger partial charge in [0.2, 0.25) is 5.88 Å². The number of nitriles is 1. The van der Waals surface area contributed by atoms with E-state index in [1.165, 1.54) is 48.5 Å². The number of aliphatic hydroxyl groups is 1. The van der Waals surface area contributed by atoms with Crippen molar-refractivity contribution in [3.05, 3.63) is 112 Å². The van der Waals surface area contributed by atoms with E-state index >= 15 is 0 Å². The van der Waals surface area contributed by atoms with Gasteiger partial charge < -0.3 is 14.4 Å². The molecular weight excluding hydrogens is 578 g/mol. The zero-order valence-corrected chi connectivity index (χ0v) is 22.4. The van der Waals surface area contributed by atoms with Crippen molar-refractivity contribution >= 4 is 10.9 Å². The number of aromatic nitrogens is 5. The summed E-state index contributed by atoms with van der Waals surface area (Å²) >= 11 is 0. The number of nitrogens with zero attached hydrogens (tertiary/aromatic N) is 6. The van der Waals surface area contributed by atoms with Crippen molar-refractivity contribution < 1.29 is 36.2 Å². The van der Waals surface area contributed by atoms with Crippen LogP contribution in [0, 0.1) is 11.3 Å². The Labute approximate surface area is 239 Å². The molecule has 4 heterocycles. The standard InChI is InChI=1S/C29H20F6N6O2/c1-41-15-37-14-25(41)27(42,18-5-8-24(39-13-18)29(33,34)35)17-4-6-22-19(10-17)21(11-36)20(26(40-22)43-2)9-16-3-7-23(38-12-16)28(30,31)32/h3-8,10,12-15,42H,9H2,1-2H3. The maximum absolute atomic E-state index is 13.2. The highest BCUT2D eigenvalue weighted by Gasteiger charge is 2.39. The van der Waals surface area contributed by atoms with Crippen molar-refractivity contribution in [2.24, 2.45) is 7.05 Å². The Morgan fingerprint density at radius 2 is 1.56 bits per heavy atom. The fourth-order valence-corrected chi connectivity index (χ4v) is 4.81. The van der Waals surface area contributed by atoms with Crippen LogP contribution in [-0.4, -0.2) is 36.7 Å². The highest BCUT2D eigenvalue weighted by Crippen LogP contribution is 2.40. The number of aryl methyl sites for hydroxylation is 1. The Kier molecular flexibility index (Phi) is 7.31. The number of alkyl halides is 6. The molecule has 5 aromatic rings. The summed E-state index contributed by atoms with van der Waals surface area (Å²) in [6.07, 6.45) is -4.66. The number of benzene rings is 1. The van der Waals surface area contributed by atoms with Crippen LogP contribution in [0.25, 0.3) is 10.9 Å². The van der Waals surface area contributed by atoms with Gasteiger partial charge in [-0.05, 0) is 35.4 Å². The lowest BCUT2D eigenvalue weighted by Gasteiger charge is -2.30. The molecule has 0 saturated heterocycles. The minimum atomic E-state index is -4.70. The number of imidazole rings is 1. The second-order valence-corrected chi connectivity index (χ2v) is 9.57. The van der Waals surface area contributed by atoms with Crippen LogP contribution in [0.1, 0.15) is 44.9 Å². The molecule has 43 heavy (non-hydrogen) atoms. The van der Waals surface area contributed by atoms with E-state index in [0.29, 0.717) is 11.1 Å². The predicted octanol–water partition coefficient (Wildman–Crippen LogP) is 5.55. The van der Waals surface area contributed by atoms with Gasteiger partial charge in [0.25, 0.3) is 0 Å². The normalized spacial score (nSPS) is 13.5. The van der Waals surface area contributed by atoms with Crippen LogP contribution in [-0.2, 0) is 31.4 Å². The van der Waals surface area contributed by atoms with Crippen LogP contribution >= 0.6 is 0 Å². The molecule has 0 aliphatic carbocycles. The van der Waals surface area contributed by atoms with Crippen molar-refractivity contribution in [2.45, 2.75) is 24.4 Å². The van der Waals surface area contributed by atoms with E-state index in [4.69, 9.17) is 4.74 Å². The van der Waals surface area contributed by atoms with Crippen molar-refractivity contribution in [1.82, 2.24) is 24.5 Å². The van der Waals surface area contributed by atoms with Crippen LogP contribution in [0.2, 0.25) is 0 Å². The average molecular weight is 599 g/mol. The van der Waals surface area contributed by atoms with Crippen LogP contribution in [0.4, 0.5) is 26.3 Å². The second kappa shape index (κ2) is 10.7. The number of pyridine rings is 3. The first kappa shape index (κ1) is 29.5. The van der Waals surface area contributed by atoms with Gasteiger partial charge in [0, 0.05) is 42.4 Å². The molecule has 0 amide bonds. The first-order valence-corrected chi connectivity index (χ1v) is 12.4. The van der Waals surface area contributed by atoms with Crippen LogP contribution < -0.4 is 4.74 Å². The fraction of sp³-hybridized carbons (Fsp3) is 0.207. The molecule has 0 radical (unpaired) electrons. The van der Waals surface area contributed by atoms with Gasteiger partial charge in [-0.3, -0.25) is 9.97 Å². The van der Waals surface area contributed by atoms with Gasteiger partial charge in [0.15, 0.2) is 5.60 Å². The first-order valence-electron chi connectivity index (χ1n) is 12.4. The quantitative estimate of drug-likeness (QED) is 0.255. The summed E-state index contributed by atoms with van der Waals surface area (Å²) in [6, 6.07) is 10.5. The average Bonchev–Trinajstić information content (AvgIpc) is 3.41. The number of hydrogen-bond acceptors (Lipinski definition) is 7. The van der Waals surface area contributed by atoms with Crippen molar-refractivity contribution in [1.29, 1.82) is 5.26 Å². The number of methoxy groups -OCH3 is 1. The zero-order chi connectivity index (χ0) is 31.2. The highest BCUT2D eigenvalue weighted by atomic mass is 19.4. The Morgan fingerprint density at radius 3 is 2.07 bits per heavy atom. The highest BCUT2D eigenvalue weighted by molar-refractivity contribution is 5.88. The molecule has 0 aliphatic heterocycles. The number of hydrogen-bond donors (Lipinski definition) is 1. The molecule has 220 valence electrons. The minimum Gasteiger partial charge on any atom is -0.481 e. The summed E-state index contributed by atoms with van der Waals surface area (Å²) in [4.78, 5) is 15.5. The molecule has 0 spiro atoms. The topological polar surface area (TPSA) is 110 Å². The van der Waals surface area contributed by atoms with Crippen molar-refractivity contribution in [3.8, 4) is 11.9 Å². The molecule has 5 rings (SSSR count). The molecule has 1 atom stereocenters. The molecule has 1 unspecified atom stereocenters. The maximum atomic E-state index is 13.2. The number of ether oxygens (including phenoxy) is 1. The number of rotatable bonds is 6. The molecule has 0 saturated carbocycles.